The van der Waals surface area contributed by atoms with Crippen molar-refractivity contribution in [2.75, 3.05) is 37.3 Å². The van der Waals surface area contributed by atoms with Gasteiger partial charge in [0.25, 0.3) is 11.8 Å². The summed E-state index contributed by atoms with van der Waals surface area (Å²) in [6.45, 7) is 2.51. The quantitative estimate of drug-likeness (QED) is 0.0596. The lowest BCUT2D eigenvalue weighted by Crippen LogP contribution is -2.52. The first kappa shape index (κ1) is 43.2. The van der Waals surface area contributed by atoms with Crippen molar-refractivity contribution in [1.82, 2.24) is 41.0 Å². The van der Waals surface area contributed by atoms with Gasteiger partial charge in [0.2, 0.25) is 17.8 Å². The zero-order valence-corrected chi connectivity index (χ0v) is 35.9. The number of carbonyl (C=O) groups excluding carboxylic acids is 5. The molecule has 3 aromatic carbocycles. The van der Waals surface area contributed by atoms with Crippen molar-refractivity contribution in [2.24, 2.45) is 0 Å². The smallest absolute Gasteiger partial charge is 0.317 e. The van der Waals surface area contributed by atoms with E-state index in [2.05, 4.69) is 65.8 Å². The Balaban J connectivity index is 0.726. The first-order valence-electron chi connectivity index (χ1n) is 21.6. The lowest BCUT2D eigenvalue weighted by atomic mass is 9.89. The zero-order chi connectivity index (χ0) is 43.9. The van der Waals surface area contributed by atoms with Crippen LogP contribution in [0.1, 0.15) is 101 Å². The summed E-state index contributed by atoms with van der Waals surface area (Å²) in [5.41, 5.74) is 5.35. The Labute approximate surface area is 371 Å². The maximum absolute atomic E-state index is 13.3. The SMILES string of the molecule is CNC(=O)c1ccccc1Nc1nc(Nc2ccc(C3CCN(C(=O)NC4CCC(NCCC#Cc5ccc6c(c5)CN(C5CCC(=O)NC5=O)C6=O)CC4)CC3)cc2)ncc1Cl. The van der Waals surface area contributed by atoms with Gasteiger partial charge in [0.05, 0.1) is 17.4 Å². The van der Waals surface area contributed by atoms with Crippen molar-refractivity contribution in [3.8, 4) is 11.8 Å². The summed E-state index contributed by atoms with van der Waals surface area (Å²) in [5, 5.41) is 18.6. The van der Waals surface area contributed by atoms with Crippen molar-refractivity contribution >= 4 is 64.4 Å². The number of hydrogen-bond donors (Lipinski definition) is 6. The largest absolute Gasteiger partial charge is 0.355 e. The molecule has 8 rings (SSSR count). The molecule has 2 saturated heterocycles. The van der Waals surface area contributed by atoms with E-state index in [1.54, 1.807) is 36.2 Å². The predicted molar refractivity (Wildman–Crippen MR) is 240 cm³/mol. The van der Waals surface area contributed by atoms with Gasteiger partial charge in [-0.2, -0.15) is 4.98 Å². The van der Waals surface area contributed by atoms with Crippen LogP contribution in [0.5, 0.6) is 0 Å². The maximum Gasteiger partial charge on any atom is 0.317 e. The molecular weight excluding hydrogens is 820 g/mol. The number of benzene rings is 3. The molecule has 1 saturated carbocycles. The van der Waals surface area contributed by atoms with Gasteiger partial charge in [-0.15, -0.1) is 0 Å². The minimum Gasteiger partial charge on any atom is -0.355 e. The second kappa shape index (κ2) is 19.7. The van der Waals surface area contributed by atoms with E-state index in [4.69, 9.17) is 11.6 Å². The number of piperidine rings is 2. The Morgan fingerprint density at radius 1 is 0.905 bits per heavy atom. The summed E-state index contributed by atoms with van der Waals surface area (Å²) in [4.78, 5) is 74.9. The Hall–Kier alpha value is -6.50. The standard InChI is InChI=1S/C47H51ClN10O5/c1-49-43(60)37-7-2-3-8-39(37)54-42-38(48)27-51-46(56-42)52-34-12-10-30(11-13-34)31-21-24-57(25-22-31)47(63)53-35-16-14-33(15-17-35)50-23-5-4-6-29-9-18-36-32(26-29)28-58(45(36)62)40-19-20-41(59)55-44(40)61/h2-3,7-13,18,26-27,31,33,35,40,50H,5,14-17,19-25,28H2,1H3,(H,49,60)(H,53,63)(H,55,59,61)(H2,51,52,54,56). The number of nitrogens with one attached hydrogen (secondary N) is 6. The number of rotatable bonds is 11. The summed E-state index contributed by atoms with van der Waals surface area (Å²) in [6, 6.07) is 20.8. The van der Waals surface area contributed by atoms with Gasteiger partial charge in [-0.25, -0.2) is 9.78 Å². The lowest BCUT2D eigenvalue weighted by molar-refractivity contribution is -0.136. The van der Waals surface area contributed by atoms with Gasteiger partial charge in [-0.05, 0) is 104 Å². The second-order valence-corrected chi connectivity index (χ2v) is 16.8. The summed E-state index contributed by atoms with van der Waals surface area (Å²) < 4.78 is 0. The Morgan fingerprint density at radius 3 is 2.43 bits per heavy atom. The molecule has 0 radical (unpaired) electrons. The minimum absolute atomic E-state index is 0.0215. The number of halogens is 1. The highest BCUT2D eigenvalue weighted by atomic mass is 35.5. The van der Waals surface area contributed by atoms with Crippen LogP contribution in [0.25, 0.3) is 0 Å². The van der Waals surface area contributed by atoms with Gasteiger partial charge in [0, 0.05) is 75.0 Å². The van der Waals surface area contributed by atoms with Gasteiger partial charge >= 0.3 is 6.03 Å². The number of carbonyl (C=O) groups is 5. The highest BCUT2D eigenvalue weighted by Crippen LogP contribution is 2.32. The van der Waals surface area contributed by atoms with Crippen LogP contribution in [-0.4, -0.2) is 94.2 Å². The number of fused-ring (bicyclic) bond motifs is 1. The molecule has 6 amide bonds. The van der Waals surface area contributed by atoms with Crippen LogP contribution in [0.15, 0.2) is 72.9 Å². The molecule has 6 N–H and O–H groups in total. The molecular formula is C47H51ClN10O5. The number of urea groups is 1. The van der Waals surface area contributed by atoms with E-state index >= 15 is 0 Å². The molecule has 4 heterocycles. The third-order valence-electron chi connectivity index (χ3n) is 12.3. The first-order valence-corrected chi connectivity index (χ1v) is 22.0. The van der Waals surface area contributed by atoms with E-state index in [1.807, 2.05) is 35.2 Å². The normalized spacial score (nSPS) is 20.0. The molecule has 0 spiro atoms. The molecule has 1 unspecified atom stereocenters. The molecule has 1 aliphatic carbocycles. The third-order valence-corrected chi connectivity index (χ3v) is 12.6. The molecule has 4 aromatic rings. The highest BCUT2D eigenvalue weighted by Gasteiger charge is 2.39. The number of hydrogen-bond acceptors (Lipinski definition) is 10. The van der Waals surface area contributed by atoms with Crippen LogP contribution in [0.2, 0.25) is 5.02 Å². The van der Waals surface area contributed by atoms with E-state index in [9.17, 15) is 24.0 Å². The molecule has 1 atom stereocenters. The average Bonchev–Trinajstić information content (AvgIpc) is 3.62. The Kier molecular flexibility index (Phi) is 13.5. The minimum atomic E-state index is -0.630. The fraction of sp³-hybridized carbons (Fsp3) is 0.383. The molecule has 3 aliphatic heterocycles. The molecule has 1 aromatic heterocycles. The summed E-state index contributed by atoms with van der Waals surface area (Å²) in [6.07, 6.45) is 8.38. The maximum atomic E-state index is 13.3. The monoisotopic (exact) mass is 870 g/mol. The van der Waals surface area contributed by atoms with E-state index in [-0.39, 0.29) is 36.2 Å². The molecule has 0 bridgehead atoms. The molecule has 63 heavy (non-hydrogen) atoms. The zero-order valence-electron chi connectivity index (χ0n) is 35.1. The van der Waals surface area contributed by atoms with E-state index in [0.29, 0.717) is 78.0 Å². The molecule has 16 heteroatoms. The Morgan fingerprint density at radius 2 is 1.67 bits per heavy atom. The fourth-order valence-corrected chi connectivity index (χ4v) is 8.95. The van der Waals surface area contributed by atoms with Gasteiger partial charge in [-0.1, -0.05) is 47.7 Å². The van der Waals surface area contributed by atoms with Crippen molar-refractivity contribution in [3.05, 3.63) is 106 Å². The van der Waals surface area contributed by atoms with Crippen LogP contribution in [-0.2, 0) is 16.1 Å². The second-order valence-electron chi connectivity index (χ2n) is 16.4. The van der Waals surface area contributed by atoms with Gasteiger partial charge in [0.1, 0.15) is 11.1 Å². The molecule has 15 nitrogen and oxygen atoms in total. The number of para-hydroxylation sites is 1. The average molecular weight is 871 g/mol. The molecule has 326 valence electrons. The van der Waals surface area contributed by atoms with E-state index in [1.165, 1.54) is 11.8 Å². The number of aromatic nitrogens is 2. The molecule has 3 fully saturated rings. The van der Waals surface area contributed by atoms with E-state index < -0.39 is 11.9 Å². The number of anilines is 4. The van der Waals surface area contributed by atoms with Crippen molar-refractivity contribution in [1.29, 1.82) is 0 Å². The topological polar surface area (TPSA) is 190 Å². The highest BCUT2D eigenvalue weighted by molar-refractivity contribution is 6.33. The predicted octanol–water partition coefficient (Wildman–Crippen LogP) is 5.97. The van der Waals surface area contributed by atoms with Crippen molar-refractivity contribution in [3.63, 3.8) is 0 Å². The Bertz CT molecular complexity index is 2440. The fourth-order valence-electron chi connectivity index (χ4n) is 8.81. The summed E-state index contributed by atoms with van der Waals surface area (Å²) >= 11 is 6.41. The summed E-state index contributed by atoms with van der Waals surface area (Å²) in [7, 11) is 1.58. The van der Waals surface area contributed by atoms with Crippen LogP contribution >= 0.6 is 11.6 Å². The van der Waals surface area contributed by atoms with Crippen LogP contribution < -0.4 is 31.9 Å². The van der Waals surface area contributed by atoms with E-state index in [0.717, 1.165) is 61.9 Å². The number of imide groups is 1. The van der Waals surface area contributed by atoms with Crippen LogP contribution in [0.4, 0.5) is 27.9 Å². The lowest BCUT2D eigenvalue weighted by Gasteiger charge is -2.35. The van der Waals surface area contributed by atoms with Crippen molar-refractivity contribution in [2.45, 2.75) is 88.4 Å². The number of nitrogens with zero attached hydrogens (tertiary/aromatic N) is 4. The van der Waals surface area contributed by atoms with Crippen LogP contribution in [0, 0.1) is 11.8 Å². The van der Waals surface area contributed by atoms with Gasteiger partial charge in [-0.3, -0.25) is 24.5 Å². The third kappa shape index (κ3) is 10.4. The first-order chi connectivity index (χ1) is 30.6. The number of likely N-dealkylation sites (tertiary alicyclic amines) is 1. The van der Waals surface area contributed by atoms with Crippen LogP contribution in [0.3, 0.4) is 0 Å². The van der Waals surface area contributed by atoms with Gasteiger partial charge < -0.3 is 36.4 Å². The number of amides is 6. The van der Waals surface area contributed by atoms with Crippen molar-refractivity contribution < 1.29 is 24.0 Å². The summed E-state index contributed by atoms with van der Waals surface area (Å²) in [5.74, 6) is 6.42. The van der Waals surface area contributed by atoms with Gasteiger partial charge in [0.15, 0.2) is 5.82 Å². The molecule has 4 aliphatic rings.